The van der Waals surface area contributed by atoms with Crippen molar-refractivity contribution in [2.75, 3.05) is 25.3 Å². The van der Waals surface area contributed by atoms with E-state index in [1.54, 1.807) is 25.3 Å². The van der Waals surface area contributed by atoms with Crippen molar-refractivity contribution < 1.29 is 14.3 Å². The number of methoxy groups -OCH3 is 1. The van der Waals surface area contributed by atoms with Crippen molar-refractivity contribution in [3.05, 3.63) is 29.3 Å². The van der Waals surface area contributed by atoms with Crippen LogP contribution in [0.2, 0.25) is 0 Å². The molecule has 1 aromatic carbocycles. The Morgan fingerprint density at radius 3 is 2.79 bits per heavy atom. The number of nitriles is 1. The first-order chi connectivity index (χ1) is 14.1. The minimum absolute atomic E-state index is 0.0406. The molecular weight excluding hydrogens is 408 g/mol. The number of rotatable bonds is 11. The van der Waals surface area contributed by atoms with Gasteiger partial charge in [-0.3, -0.25) is 10.1 Å². The van der Waals surface area contributed by atoms with Gasteiger partial charge in [-0.2, -0.15) is 5.26 Å². The first-order valence-corrected chi connectivity index (χ1v) is 11.3. The summed E-state index contributed by atoms with van der Waals surface area (Å²) < 4.78 is 11.9. The van der Waals surface area contributed by atoms with E-state index in [-0.39, 0.29) is 5.57 Å². The lowest BCUT2D eigenvalue weighted by atomic mass is 10.1. The molecule has 0 aliphatic carbocycles. The topological polar surface area (TPSA) is 97.1 Å². The van der Waals surface area contributed by atoms with Gasteiger partial charge in [0.05, 0.1) is 13.7 Å². The van der Waals surface area contributed by atoms with Crippen LogP contribution >= 0.6 is 23.1 Å². The predicted octanol–water partition coefficient (Wildman–Crippen LogP) is 4.77. The number of nitrogens with zero attached hydrogens (tertiary/aromatic N) is 3. The largest absolute Gasteiger partial charge is 0.493 e. The third kappa shape index (κ3) is 7.07. The Hall–Kier alpha value is -2.57. The molecule has 7 nitrogen and oxygen atoms in total. The summed E-state index contributed by atoms with van der Waals surface area (Å²) in [4.78, 5) is 12.4. The van der Waals surface area contributed by atoms with E-state index in [0.29, 0.717) is 28.8 Å². The lowest BCUT2D eigenvalue weighted by molar-refractivity contribution is -0.112. The normalized spacial score (nSPS) is 11.0. The Kier molecular flexibility index (Phi) is 9.47. The van der Waals surface area contributed by atoms with Gasteiger partial charge >= 0.3 is 0 Å². The fraction of sp³-hybridized carbons (Fsp3) is 0.400. The Morgan fingerprint density at radius 2 is 2.14 bits per heavy atom. The lowest BCUT2D eigenvalue weighted by Crippen LogP contribution is -2.13. The Balaban J connectivity index is 2.07. The zero-order valence-electron chi connectivity index (χ0n) is 16.7. The molecule has 154 valence electrons. The number of amides is 1. The summed E-state index contributed by atoms with van der Waals surface area (Å²) >= 11 is 2.69. The fourth-order valence-electron chi connectivity index (χ4n) is 2.43. The van der Waals surface area contributed by atoms with Crippen LogP contribution in [0.4, 0.5) is 5.13 Å². The zero-order chi connectivity index (χ0) is 21.1. The molecular formula is C20H24N4O3S2. The summed E-state index contributed by atoms with van der Waals surface area (Å²) in [5.41, 5.74) is 0.620. The number of unbranched alkanes of at least 4 members (excludes halogenated alkanes) is 3. The van der Waals surface area contributed by atoms with Crippen molar-refractivity contribution in [3.8, 4) is 17.6 Å². The third-order valence-corrected chi connectivity index (χ3v) is 5.73. The van der Waals surface area contributed by atoms with Crippen molar-refractivity contribution in [3.63, 3.8) is 0 Å². The molecule has 9 heteroatoms. The Labute approximate surface area is 179 Å². The van der Waals surface area contributed by atoms with Crippen LogP contribution in [-0.2, 0) is 4.79 Å². The molecule has 0 spiro atoms. The maximum atomic E-state index is 12.4. The maximum absolute atomic E-state index is 12.4. The quantitative estimate of drug-likeness (QED) is 0.179. The smallest absolute Gasteiger partial charge is 0.268 e. The molecule has 1 aromatic heterocycles. The number of carbonyl (C=O) groups excluding carboxylic acids is 1. The third-order valence-electron chi connectivity index (χ3n) is 3.92. The van der Waals surface area contributed by atoms with Crippen molar-refractivity contribution in [2.45, 2.75) is 36.9 Å². The summed E-state index contributed by atoms with van der Waals surface area (Å²) in [7, 11) is 1.56. The Morgan fingerprint density at radius 1 is 1.31 bits per heavy atom. The van der Waals surface area contributed by atoms with Crippen LogP contribution in [0.5, 0.6) is 11.5 Å². The molecule has 2 rings (SSSR count). The van der Waals surface area contributed by atoms with Gasteiger partial charge in [-0.1, -0.05) is 55.4 Å². The number of carbonyl (C=O) groups is 1. The Bertz CT molecular complexity index is 890. The van der Waals surface area contributed by atoms with Gasteiger partial charge in [0.15, 0.2) is 15.8 Å². The molecule has 0 fully saturated rings. The molecule has 0 bridgehead atoms. The molecule has 29 heavy (non-hydrogen) atoms. The minimum atomic E-state index is -0.536. The van der Waals surface area contributed by atoms with Gasteiger partial charge in [0, 0.05) is 0 Å². The van der Waals surface area contributed by atoms with Crippen molar-refractivity contribution in [1.29, 1.82) is 5.26 Å². The van der Waals surface area contributed by atoms with Crippen LogP contribution < -0.4 is 14.8 Å². The molecule has 0 saturated carbocycles. The van der Waals surface area contributed by atoms with Gasteiger partial charge < -0.3 is 9.47 Å². The van der Waals surface area contributed by atoms with Crippen LogP contribution in [0, 0.1) is 11.3 Å². The second-order valence-electron chi connectivity index (χ2n) is 6.02. The molecule has 0 saturated heterocycles. The highest BCUT2D eigenvalue weighted by Crippen LogP contribution is 2.29. The second kappa shape index (κ2) is 12.1. The molecule has 1 N–H and O–H groups in total. The number of hydrogen-bond donors (Lipinski definition) is 1. The van der Waals surface area contributed by atoms with E-state index in [2.05, 4.69) is 22.4 Å². The number of ether oxygens (including phenoxy) is 2. The van der Waals surface area contributed by atoms with Crippen molar-refractivity contribution >= 4 is 40.2 Å². The highest BCUT2D eigenvalue weighted by atomic mass is 32.2. The van der Waals surface area contributed by atoms with Crippen molar-refractivity contribution in [1.82, 2.24) is 10.2 Å². The minimum Gasteiger partial charge on any atom is -0.493 e. The summed E-state index contributed by atoms with van der Waals surface area (Å²) in [5, 5.41) is 20.1. The van der Waals surface area contributed by atoms with E-state index >= 15 is 0 Å². The van der Waals surface area contributed by atoms with Crippen LogP contribution in [0.3, 0.4) is 0 Å². The molecule has 1 heterocycles. The molecule has 2 aromatic rings. The fourth-order valence-corrected chi connectivity index (χ4v) is 3.59. The lowest BCUT2D eigenvalue weighted by Gasteiger charge is -2.11. The number of aromatic nitrogens is 2. The van der Waals surface area contributed by atoms with Crippen molar-refractivity contribution in [2.24, 2.45) is 0 Å². The van der Waals surface area contributed by atoms with Gasteiger partial charge in [-0.25, -0.2) is 0 Å². The first-order valence-electron chi connectivity index (χ1n) is 9.22. The monoisotopic (exact) mass is 432 g/mol. The summed E-state index contributed by atoms with van der Waals surface area (Å²) in [6.45, 7) is 2.79. The second-order valence-corrected chi connectivity index (χ2v) is 8.05. The molecule has 1 amide bonds. The zero-order valence-corrected chi connectivity index (χ0v) is 18.4. The van der Waals surface area contributed by atoms with Gasteiger partial charge in [0.1, 0.15) is 11.6 Å². The van der Waals surface area contributed by atoms with E-state index in [1.165, 1.54) is 42.0 Å². The highest BCUT2D eigenvalue weighted by Gasteiger charge is 2.13. The molecule has 0 atom stereocenters. The summed E-state index contributed by atoms with van der Waals surface area (Å²) in [6.07, 6.45) is 7.86. The molecule has 0 radical (unpaired) electrons. The van der Waals surface area contributed by atoms with E-state index in [1.807, 2.05) is 12.3 Å². The maximum Gasteiger partial charge on any atom is 0.268 e. The van der Waals surface area contributed by atoms with Gasteiger partial charge in [0.2, 0.25) is 5.13 Å². The number of nitrogens with one attached hydrogen (secondary N) is 1. The van der Waals surface area contributed by atoms with Gasteiger partial charge in [0.25, 0.3) is 5.91 Å². The standard InChI is InChI=1S/C20H24N4O3S2/c1-4-5-6-7-10-27-16-9-8-14(12-17(16)26-2)11-15(13-21)18(25)22-19-23-24-20(28-3)29-19/h8-9,11-12H,4-7,10H2,1-3H3,(H,22,23,25)/b15-11+. The van der Waals surface area contributed by atoms with E-state index in [0.717, 1.165) is 17.2 Å². The summed E-state index contributed by atoms with van der Waals surface area (Å²) in [5.74, 6) is 0.662. The number of anilines is 1. The number of benzene rings is 1. The van der Waals surface area contributed by atoms with Gasteiger partial charge in [-0.05, 0) is 36.4 Å². The number of thioether (sulfide) groups is 1. The van der Waals surface area contributed by atoms with E-state index in [9.17, 15) is 10.1 Å². The summed E-state index contributed by atoms with van der Waals surface area (Å²) in [6, 6.07) is 7.23. The van der Waals surface area contributed by atoms with Gasteiger partial charge in [-0.15, -0.1) is 10.2 Å². The predicted molar refractivity (Wildman–Crippen MR) is 117 cm³/mol. The van der Waals surface area contributed by atoms with E-state index < -0.39 is 5.91 Å². The highest BCUT2D eigenvalue weighted by molar-refractivity contribution is 8.00. The molecule has 0 unspecified atom stereocenters. The van der Waals surface area contributed by atoms with E-state index in [4.69, 9.17) is 9.47 Å². The average Bonchev–Trinajstić information content (AvgIpc) is 3.19. The van der Waals surface area contributed by atoms with Crippen LogP contribution in [0.25, 0.3) is 6.08 Å². The number of hydrogen-bond acceptors (Lipinski definition) is 8. The SMILES string of the molecule is CCCCCCOc1ccc(/C=C(\C#N)C(=O)Nc2nnc(SC)s2)cc1OC. The van der Waals surface area contributed by atoms with Crippen LogP contribution in [0.15, 0.2) is 28.1 Å². The van der Waals surface area contributed by atoms with Crippen LogP contribution in [0.1, 0.15) is 38.2 Å². The molecule has 0 aliphatic rings. The molecule has 0 aliphatic heterocycles. The average molecular weight is 433 g/mol. The van der Waals surface area contributed by atoms with Crippen LogP contribution in [-0.4, -0.2) is 36.1 Å². The first kappa shape index (κ1) is 22.7.